The van der Waals surface area contributed by atoms with E-state index < -0.39 is 11.7 Å². The van der Waals surface area contributed by atoms with Crippen LogP contribution in [0.4, 0.5) is 14.9 Å². The molecule has 182 valence electrons. The van der Waals surface area contributed by atoms with Gasteiger partial charge in [0.05, 0.1) is 11.3 Å². The van der Waals surface area contributed by atoms with Gasteiger partial charge < -0.3 is 15.5 Å². The van der Waals surface area contributed by atoms with Crippen LogP contribution in [0.1, 0.15) is 46.9 Å². The van der Waals surface area contributed by atoms with Crippen LogP contribution in [0.5, 0.6) is 0 Å². The van der Waals surface area contributed by atoms with Gasteiger partial charge in [0.1, 0.15) is 5.82 Å². The molecule has 1 aliphatic heterocycles. The van der Waals surface area contributed by atoms with Gasteiger partial charge in [-0.05, 0) is 68.9 Å². The van der Waals surface area contributed by atoms with Crippen molar-refractivity contribution in [2.24, 2.45) is 5.92 Å². The average molecular weight is 488 g/mol. The van der Waals surface area contributed by atoms with Crippen molar-refractivity contribution in [2.75, 3.05) is 31.5 Å². The summed E-state index contributed by atoms with van der Waals surface area (Å²) < 4.78 is 13.8. The number of nitrogens with one attached hydrogen (secondary N) is 2. The molecule has 34 heavy (non-hydrogen) atoms. The number of hydrogen-bond donors (Lipinski definition) is 2. The molecule has 3 amide bonds. The Labute approximate surface area is 204 Å². The summed E-state index contributed by atoms with van der Waals surface area (Å²) in [7, 11) is 0. The van der Waals surface area contributed by atoms with Crippen LogP contribution in [-0.4, -0.2) is 58.9 Å². The molecule has 1 saturated heterocycles. The predicted octanol–water partition coefficient (Wildman–Crippen LogP) is 4.37. The number of hydrogen-bond acceptors (Lipinski definition) is 4. The molecule has 1 aromatic heterocycles. The molecule has 2 heterocycles. The minimum atomic E-state index is -0.523. The highest BCUT2D eigenvalue weighted by Crippen LogP contribution is 2.28. The van der Waals surface area contributed by atoms with Gasteiger partial charge in [-0.15, -0.1) is 0 Å². The van der Waals surface area contributed by atoms with E-state index in [-0.39, 0.29) is 23.3 Å². The molecular formula is C25H31ClFN5O2. The van der Waals surface area contributed by atoms with Crippen molar-refractivity contribution in [3.05, 3.63) is 57.6 Å². The Morgan fingerprint density at radius 1 is 1.21 bits per heavy atom. The first-order valence-electron chi connectivity index (χ1n) is 11.7. The monoisotopic (exact) mass is 487 g/mol. The Bertz CT molecular complexity index is 1090. The molecule has 0 unspecified atom stereocenters. The number of amides is 3. The van der Waals surface area contributed by atoms with E-state index in [4.69, 9.17) is 11.6 Å². The number of aromatic nitrogens is 1. The smallest absolute Gasteiger partial charge is 0.317 e. The van der Waals surface area contributed by atoms with Crippen molar-refractivity contribution in [3.63, 3.8) is 0 Å². The molecule has 2 aromatic rings. The van der Waals surface area contributed by atoms with Crippen LogP contribution in [0.3, 0.4) is 0 Å². The minimum absolute atomic E-state index is 0.0185. The normalized spacial score (nSPS) is 18.6. The third-order valence-electron chi connectivity index (χ3n) is 6.62. The lowest BCUT2D eigenvalue weighted by molar-refractivity contribution is 0.0973. The molecule has 2 aliphatic rings. The van der Waals surface area contributed by atoms with Gasteiger partial charge in [0, 0.05) is 55.7 Å². The summed E-state index contributed by atoms with van der Waals surface area (Å²) in [5.74, 6) is -0.310. The van der Waals surface area contributed by atoms with Crippen molar-refractivity contribution >= 4 is 29.2 Å². The van der Waals surface area contributed by atoms with E-state index in [1.54, 1.807) is 13.0 Å². The van der Waals surface area contributed by atoms with Gasteiger partial charge in [-0.2, -0.15) is 0 Å². The summed E-state index contributed by atoms with van der Waals surface area (Å²) in [6.45, 7) is 9.12. The fourth-order valence-electron chi connectivity index (χ4n) is 4.23. The van der Waals surface area contributed by atoms with Crippen molar-refractivity contribution in [1.29, 1.82) is 0 Å². The Balaban J connectivity index is 1.40. The van der Waals surface area contributed by atoms with Crippen LogP contribution in [0.15, 0.2) is 24.4 Å². The van der Waals surface area contributed by atoms with Crippen LogP contribution in [0, 0.1) is 25.6 Å². The molecule has 1 aliphatic carbocycles. The first-order chi connectivity index (χ1) is 16.2. The maximum absolute atomic E-state index is 13.8. The zero-order valence-electron chi connectivity index (χ0n) is 19.8. The first-order valence-corrected chi connectivity index (χ1v) is 12.1. The number of urea groups is 1. The van der Waals surface area contributed by atoms with E-state index >= 15 is 0 Å². The molecule has 0 bridgehead atoms. The van der Waals surface area contributed by atoms with E-state index in [2.05, 4.69) is 27.4 Å². The Morgan fingerprint density at radius 3 is 2.65 bits per heavy atom. The summed E-state index contributed by atoms with van der Waals surface area (Å²) in [6.07, 6.45) is 3.78. The number of carbonyl (C=O) groups excluding carboxylic acids is 2. The van der Waals surface area contributed by atoms with Gasteiger partial charge in [0.15, 0.2) is 0 Å². The lowest BCUT2D eigenvalue weighted by atomic mass is 10.0. The van der Waals surface area contributed by atoms with Crippen molar-refractivity contribution in [1.82, 2.24) is 20.1 Å². The average Bonchev–Trinajstić information content (AvgIpc) is 3.62. The highest BCUT2D eigenvalue weighted by atomic mass is 35.5. The summed E-state index contributed by atoms with van der Waals surface area (Å²) in [5, 5.41) is 6.40. The molecule has 4 rings (SSSR count). The standard InChI is InChI=1S/C25H31ClFN5O2/c1-15-13-31(6-7-32(15)25(34)29-11-18-4-5-18)14-20-8-21(26)10-23(16(20)2)30-24(33)19-9-22(27)17(3)28-12-19/h8-10,12,15,18H,4-7,11,13-14H2,1-3H3,(H,29,34)(H,30,33)/t15-/m0/s1. The number of carbonyl (C=O) groups is 2. The zero-order valence-corrected chi connectivity index (χ0v) is 20.6. The number of nitrogens with zero attached hydrogens (tertiary/aromatic N) is 3. The molecule has 1 atom stereocenters. The highest BCUT2D eigenvalue weighted by molar-refractivity contribution is 6.31. The lowest BCUT2D eigenvalue weighted by Crippen LogP contribution is -2.56. The second-order valence-corrected chi connectivity index (χ2v) is 9.83. The number of piperazine rings is 1. The van der Waals surface area contributed by atoms with E-state index in [0.717, 1.165) is 30.8 Å². The Morgan fingerprint density at radius 2 is 1.97 bits per heavy atom. The third-order valence-corrected chi connectivity index (χ3v) is 6.84. The predicted molar refractivity (Wildman–Crippen MR) is 131 cm³/mol. The van der Waals surface area contributed by atoms with Crippen molar-refractivity contribution in [3.8, 4) is 0 Å². The molecule has 7 nitrogen and oxygen atoms in total. The van der Waals surface area contributed by atoms with Crippen LogP contribution in [-0.2, 0) is 6.54 Å². The second-order valence-electron chi connectivity index (χ2n) is 9.39. The van der Waals surface area contributed by atoms with E-state index in [1.807, 2.05) is 17.9 Å². The minimum Gasteiger partial charge on any atom is -0.338 e. The van der Waals surface area contributed by atoms with E-state index in [9.17, 15) is 14.0 Å². The van der Waals surface area contributed by atoms with Gasteiger partial charge >= 0.3 is 6.03 Å². The van der Waals surface area contributed by atoms with Crippen LogP contribution in [0.25, 0.3) is 0 Å². The summed E-state index contributed by atoms with van der Waals surface area (Å²) in [5.41, 5.74) is 2.87. The lowest BCUT2D eigenvalue weighted by Gasteiger charge is -2.40. The number of halogens is 2. The Hall–Kier alpha value is -2.71. The largest absolute Gasteiger partial charge is 0.338 e. The van der Waals surface area contributed by atoms with Gasteiger partial charge in [-0.3, -0.25) is 14.7 Å². The molecule has 1 saturated carbocycles. The maximum atomic E-state index is 13.8. The van der Waals surface area contributed by atoms with Gasteiger partial charge in [0.2, 0.25) is 0 Å². The molecule has 2 fully saturated rings. The third kappa shape index (κ3) is 5.85. The molecular weight excluding hydrogens is 457 g/mol. The SMILES string of the molecule is Cc1ncc(C(=O)Nc2cc(Cl)cc(CN3CCN(C(=O)NCC4CC4)[C@@H](C)C3)c2C)cc1F. The maximum Gasteiger partial charge on any atom is 0.317 e. The zero-order chi connectivity index (χ0) is 24.4. The molecule has 1 aromatic carbocycles. The fourth-order valence-corrected chi connectivity index (χ4v) is 4.47. The van der Waals surface area contributed by atoms with Crippen molar-refractivity contribution in [2.45, 2.75) is 46.2 Å². The first kappa shape index (κ1) is 24.4. The van der Waals surface area contributed by atoms with Crippen LogP contribution < -0.4 is 10.6 Å². The highest BCUT2D eigenvalue weighted by Gasteiger charge is 2.29. The topological polar surface area (TPSA) is 77.6 Å². The van der Waals surface area contributed by atoms with Gasteiger partial charge in [-0.1, -0.05) is 11.6 Å². The Kier molecular flexibility index (Phi) is 7.38. The number of benzene rings is 1. The van der Waals surface area contributed by atoms with E-state index in [1.165, 1.54) is 25.1 Å². The number of anilines is 1. The fraction of sp³-hybridized carbons (Fsp3) is 0.480. The van der Waals surface area contributed by atoms with Crippen LogP contribution >= 0.6 is 11.6 Å². The number of aryl methyl sites for hydroxylation is 1. The van der Waals surface area contributed by atoms with E-state index in [0.29, 0.717) is 29.7 Å². The summed E-state index contributed by atoms with van der Waals surface area (Å²) in [4.78, 5) is 33.3. The quantitative estimate of drug-likeness (QED) is 0.634. The molecule has 9 heteroatoms. The van der Waals surface area contributed by atoms with Crippen LogP contribution in [0.2, 0.25) is 5.02 Å². The molecule has 2 N–H and O–H groups in total. The van der Waals surface area contributed by atoms with Crippen molar-refractivity contribution < 1.29 is 14.0 Å². The summed E-state index contributed by atoms with van der Waals surface area (Å²) >= 11 is 6.37. The molecule has 0 spiro atoms. The van der Waals surface area contributed by atoms with Gasteiger partial charge in [0.25, 0.3) is 5.91 Å². The second kappa shape index (κ2) is 10.3. The summed E-state index contributed by atoms with van der Waals surface area (Å²) in [6, 6.07) is 4.89. The molecule has 0 radical (unpaired) electrons. The van der Waals surface area contributed by atoms with Gasteiger partial charge in [-0.25, -0.2) is 9.18 Å². The number of pyridine rings is 1. The number of rotatable bonds is 6.